The summed E-state index contributed by atoms with van der Waals surface area (Å²) >= 11 is 1.42. The van der Waals surface area contributed by atoms with Gasteiger partial charge in [0.25, 0.3) is 5.91 Å². The molecule has 6 heteroatoms. The fraction of sp³-hybridized carbons (Fsp3) is 0.429. The minimum absolute atomic E-state index is 0.184. The molecule has 0 bridgehead atoms. The maximum Gasteiger partial charge on any atom is 0.339 e. The molecule has 1 amide bonds. The maximum absolute atomic E-state index is 12.6. The number of amides is 1. The number of hydrogen-bond donors (Lipinski definition) is 3. The number of carbonyl (C=O) groups is 2. The van der Waals surface area contributed by atoms with Crippen molar-refractivity contribution in [2.45, 2.75) is 40.0 Å². The van der Waals surface area contributed by atoms with Gasteiger partial charge >= 0.3 is 5.97 Å². The Hall–Kier alpha value is -2.34. The van der Waals surface area contributed by atoms with E-state index in [0.29, 0.717) is 16.5 Å². The molecule has 1 aliphatic carbocycles. The standard InChI is InChI=1S/C21H26N2O3S/c1-21(2,3)13-7-10-15-16(11-13)27-19(17(15)20(25)26)23-18(24)12-5-8-14(22-4)9-6-12/h5-6,8-9,13,22H,7,10-11H2,1-4H3,(H,23,24)(H,25,26). The van der Waals surface area contributed by atoms with Crippen molar-refractivity contribution in [3.05, 3.63) is 45.8 Å². The van der Waals surface area contributed by atoms with Crippen LogP contribution in [0.3, 0.4) is 0 Å². The zero-order valence-electron chi connectivity index (χ0n) is 16.2. The highest BCUT2D eigenvalue weighted by molar-refractivity contribution is 7.17. The first-order valence-corrected chi connectivity index (χ1v) is 9.99. The van der Waals surface area contributed by atoms with Gasteiger partial charge in [0.05, 0.1) is 5.56 Å². The predicted octanol–water partition coefficient (Wildman–Crippen LogP) is 4.89. The molecule has 1 unspecified atom stereocenters. The highest BCUT2D eigenvalue weighted by atomic mass is 32.1. The summed E-state index contributed by atoms with van der Waals surface area (Å²) in [5, 5.41) is 16.0. The molecule has 0 saturated carbocycles. The van der Waals surface area contributed by atoms with Crippen LogP contribution in [0.5, 0.6) is 0 Å². The zero-order chi connectivity index (χ0) is 19.8. The minimum Gasteiger partial charge on any atom is -0.478 e. The van der Waals surface area contributed by atoms with Gasteiger partial charge in [0, 0.05) is 23.2 Å². The van der Waals surface area contributed by atoms with Crippen molar-refractivity contribution in [2.75, 3.05) is 17.7 Å². The summed E-state index contributed by atoms with van der Waals surface area (Å²) in [7, 11) is 1.81. The van der Waals surface area contributed by atoms with E-state index < -0.39 is 5.97 Å². The van der Waals surface area contributed by atoms with E-state index in [4.69, 9.17) is 0 Å². The predicted molar refractivity (Wildman–Crippen MR) is 110 cm³/mol. The van der Waals surface area contributed by atoms with Crippen LogP contribution in [0.1, 0.15) is 58.3 Å². The molecular weight excluding hydrogens is 360 g/mol. The number of thiophene rings is 1. The summed E-state index contributed by atoms with van der Waals surface area (Å²) in [6, 6.07) is 7.09. The molecular formula is C21H26N2O3S. The van der Waals surface area contributed by atoms with Gasteiger partial charge in [-0.15, -0.1) is 11.3 Å². The van der Waals surface area contributed by atoms with E-state index in [9.17, 15) is 14.7 Å². The Morgan fingerprint density at radius 3 is 2.41 bits per heavy atom. The molecule has 144 valence electrons. The average molecular weight is 387 g/mol. The average Bonchev–Trinajstić information content (AvgIpc) is 2.98. The van der Waals surface area contributed by atoms with Crippen LogP contribution in [-0.4, -0.2) is 24.0 Å². The topological polar surface area (TPSA) is 78.4 Å². The van der Waals surface area contributed by atoms with E-state index in [-0.39, 0.29) is 16.9 Å². The van der Waals surface area contributed by atoms with Crippen LogP contribution in [0.15, 0.2) is 24.3 Å². The third-order valence-corrected chi connectivity index (χ3v) is 6.54. The van der Waals surface area contributed by atoms with Crippen molar-refractivity contribution >= 4 is 33.9 Å². The summed E-state index contributed by atoms with van der Waals surface area (Å²) in [4.78, 5) is 25.6. The van der Waals surface area contributed by atoms with Gasteiger partial charge in [-0.1, -0.05) is 20.8 Å². The second-order valence-corrected chi connectivity index (χ2v) is 9.21. The van der Waals surface area contributed by atoms with Crippen molar-refractivity contribution in [2.24, 2.45) is 11.3 Å². The second-order valence-electron chi connectivity index (χ2n) is 8.10. The Balaban J connectivity index is 1.88. The lowest BCUT2D eigenvalue weighted by Crippen LogP contribution is -2.26. The highest BCUT2D eigenvalue weighted by Gasteiger charge is 2.34. The molecule has 1 aromatic carbocycles. The third-order valence-electron chi connectivity index (χ3n) is 5.37. The van der Waals surface area contributed by atoms with Crippen LogP contribution in [0.2, 0.25) is 0 Å². The SMILES string of the molecule is CNc1ccc(C(=O)Nc2sc3c(c2C(=O)O)CCC(C(C)(C)C)C3)cc1. The van der Waals surface area contributed by atoms with Crippen molar-refractivity contribution < 1.29 is 14.7 Å². The second kappa shape index (κ2) is 7.35. The quantitative estimate of drug-likeness (QED) is 0.699. The van der Waals surface area contributed by atoms with Crippen LogP contribution < -0.4 is 10.6 Å². The number of hydrogen-bond acceptors (Lipinski definition) is 4. The first-order valence-electron chi connectivity index (χ1n) is 9.17. The van der Waals surface area contributed by atoms with Crippen LogP contribution in [0.4, 0.5) is 10.7 Å². The molecule has 3 rings (SSSR count). The van der Waals surface area contributed by atoms with Crippen molar-refractivity contribution in [1.82, 2.24) is 0 Å². The van der Waals surface area contributed by atoms with E-state index >= 15 is 0 Å². The fourth-order valence-electron chi connectivity index (χ4n) is 3.60. The van der Waals surface area contributed by atoms with Gasteiger partial charge < -0.3 is 15.7 Å². The van der Waals surface area contributed by atoms with Gasteiger partial charge in [-0.25, -0.2) is 4.79 Å². The van der Waals surface area contributed by atoms with Gasteiger partial charge in [-0.05, 0) is 60.4 Å². The van der Waals surface area contributed by atoms with Crippen LogP contribution in [0, 0.1) is 11.3 Å². The monoisotopic (exact) mass is 386 g/mol. The van der Waals surface area contributed by atoms with Gasteiger partial charge in [0.1, 0.15) is 5.00 Å². The molecule has 1 atom stereocenters. The number of fused-ring (bicyclic) bond motifs is 1. The third kappa shape index (κ3) is 4.00. The number of carboxylic acid groups (broad SMARTS) is 1. The van der Waals surface area contributed by atoms with Crippen LogP contribution in [-0.2, 0) is 12.8 Å². The largest absolute Gasteiger partial charge is 0.478 e. The van der Waals surface area contributed by atoms with Gasteiger partial charge in [0.2, 0.25) is 0 Å². The Kier molecular flexibility index (Phi) is 5.29. The number of aromatic carboxylic acids is 1. The normalized spacial score (nSPS) is 16.5. The number of anilines is 2. The van der Waals surface area contributed by atoms with Crippen molar-refractivity contribution in [3.63, 3.8) is 0 Å². The molecule has 1 heterocycles. The van der Waals surface area contributed by atoms with E-state index in [0.717, 1.165) is 35.4 Å². The molecule has 1 aliphatic rings. The Bertz CT molecular complexity index is 863. The first kappa shape index (κ1) is 19.4. The first-order chi connectivity index (χ1) is 12.7. The summed E-state index contributed by atoms with van der Waals surface area (Å²) < 4.78 is 0. The van der Waals surface area contributed by atoms with E-state index in [2.05, 4.69) is 31.4 Å². The molecule has 0 radical (unpaired) electrons. The summed E-state index contributed by atoms with van der Waals surface area (Å²) in [5.41, 5.74) is 2.77. The molecule has 3 N–H and O–H groups in total. The van der Waals surface area contributed by atoms with E-state index in [1.807, 2.05) is 19.2 Å². The number of carboxylic acids is 1. The fourth-order valence-corrected chi connectivity index (χ4v) is 4.92. The lowest BCUT2D eigenvalue weighted by Gasteiger charge is -2.33. The molecule has 1 aromatic heterocycles. The molecule has 2 aromatic rings. The Morgan fingerprint density at radius 1 is 1.19 bits per heavy atom. The lowest BCUT2D eigenvalue weighted by atomic mass is 9.72. The summed E-state index contributed by atoms with van der Waals surface area (Å²) in [6.45, 7) is 6.68. The van der Waals surface area contributed by atoms with Crippen LogP contribution in [0.25, 0.3) is 0 Å². The van der Waals surface area contributed by atoms with Gasteiger partial charge in [0.15, 0.2) is 0 Å². The number of rotatable bonds is 4. The number of carbonyl (C=O) groups excluding carboxylic acids is 1. The molecule has 0 saturated heterocycles. The minimum atomic E-state index is -0.970. The van der Waals surface area contributed by atoms with E-state index in [1.54, 1.807) is 12.1 Å². The zero-order valence-corrected chi connectivity index (χ0v) is 17.0. The molecule has 5 nitrogen and oxygen atoms in total. The molecule has 27 heavy (non-hydrogen) atoms. The molecule has 0 fully saturated rings. The molecule has 0 spiro atoms. The summed E-state index contributed by atoms with van der Waals surface area (Å²) in [6.07, 6.45) is 2.60. The maximum atomic E-state index is 12.6. The van der Waals surface area contributed by atoms with Crippen molar-refractivity contribution in [3.8, 4) is 0 Å². The number of benzene rings is 1. The number of nitrogens with one attached hydrogen (secondary N) is 2. The Morgan fingerprint density at radius 2 is 1.85 bits per heavy atom. The van der Waals surface area contributed by atoms with Crippen LogP contribution >= 0.6 is 11.3 Å². The summed E-state index contributed by atoms with van der Waals surface area (Å²) in [5.74, 6) is -0.739. The van der Waals surface area contributed by atoms with E-state index in [1.165, 1.54) is 11.3 Å². The van der Waals surface area contributed by atoms with Gasteiger partial charge in [-0.2, -0.15) is 0 Å². The molecule has 0 aliphatic heterocycles. The van der Waals surface area contributed by atoms with Crippen molar-refractivity contribution in [1.29, 1.82) is 0 Å². The van der Waals surface area contributed by atoms with Gasteiger partial charge in [-0.3, -0.25) is 4.79 Å². The Labute approximate surface area is 163 Å². The lowest BCUT2D eigenvalue weighted by molar-refractivity contribution is 0.0696. The highest BCUT2D eigenvalue weighted by Crippen LogP contribution is 2.44. The smallest absolute Gasteiger partial charge is 0.339 e.